The average molecular weight is 273 g/mol. The molecule has 0 spiro atoms. The standard InChI is InChI=1S/C12H11F4N3/c1-3-10-11(17-18-19(10)2)8-5-4-7(6-9(8)13)12(14,15)16/h4-6H,3H2,1-2H3. The van der Waals surface area contributed by atoms with Gasteiger partial charge in [0.1, 0.15) is 11.5 Å². The van der Waals surface area contributed by atoms with Crippen molar-refractivity contribution in [2.45, 2.75) is 19.5 Å². The van der Waals surface area contributed by atoms with Gasteiger partial charge in [0.15, 0.2) is 0 Å². The molecule has 0 unspecified atom stereocenters. The molecule has 1 aromatic heterocycles. The number of alkyl halides is 3. The van der Waals surface area contributed by atoms with Gasteiger partial charge in [0.05, 0.1) is 11.3 Å². The van der Waals surface area contributed by atoms with Crippen LogP contribution in [0.2, 0.25) is 0 Å². The Bertz CT molecular complexity index is 602. The topological polar surface area (TPSA) is 30.7 Å². The van der Waals surface area contributed by atoms with E-state index in [4.69, 9.17) is 0 Å². The summed E-state index contributed by atoms with van der Waals surface area (Å²) in [5, 5.41) is 7.56. The van der Waals surface area contributed by atoms with E-state index in [2.05, 4.69) is 10.3 Å². The molecule has 0 aliphatic carbocycles. The number of benzene rings is 1. The van der Waals surface area contributed by atoms with E-state index in [0.29, 0.717) is 18.2 Å². The Balaban J connectivity index is 2.52. The molecule has 2 rings (SSSR count). The molecule has 0 amide bonds. The summed E-state index contributed by atoms with van der Waals surface area (Å²) in [7, 11) is 1.65. The smallest absolute Gasteiger partial charge is 0.252 e. The lowest BCUT2D eigenvalue weighted by molar-refractivity contribution is -0.137. The number of aryl methyl sites for hydroxylation is 1. The Morgan fingerprint density at radius 3 is 2.47 bits per heavy atom. The van der Waals surface area contributed by atoms with Crippen molar-refractivity contribution in [3.63, 3.8) is 0 Å². The largest absolute Gasteiger partial charge is 0.416 e. The maximum absolute atomic E-state index is 13.8. The number of hydrogen-bond acceptors (Lipinski definition) is 2. The molecule has 7 heteroatoms. The quantitative estimate of drug-likeness (QED) is 0.787. The molecule has 0 fully saturated rings. The highest BCUT2D eigenvalue weighted by Gasteiger charge is 2.31. The summed E-state index contributed by atoms with van der Waals surface area (Å²) < 4.78 is 52.7. The Hall–Kier alpha value is -1.92. The van der Waals surface area contributed by atoms with Gasteiger partial charge in [0.2, 0.25) is 0 Å². The maximum atomic E-state index is 13.8. The van der Waals surface area contributed by atoms with Crippen LogP contribution in [0.1, 0.15) is 18.2 Å². The van der Waals surface area contributed by atoms with Crippen LogP contribution in [-0.2, 0) is 19.6 Å². The predicted molar refractivity (Wildman–Crippen MR) is 60.8 cm³/mol. The second-order valence-electron chi connectivity index (χ2n) is 4.05. The van der Waals surface area contributed by atoms with Crippen molar-refractivity contribution in [2.24, 2.45) is 7.05 Å². The second-order valence-corrected chi connectivity index (χ2v) is 4.05. The lowest BCUT2D eigenvalue weighted by Gasteiger charge is -2.08. The molecule has 2 aromatic rings. The van der Waals surface area contributed by atoms with Crippen molar-refractivity contribution in [1.82, 2.24) is 15.0 Å². The lowest BCUT2D eigenvalue weighted by atomic mass is 10.1. The second kappa shape index (κ2) is 4.64. The van der Waals surface area contributed by atoms with Crippen molar-refractivity contribution in [2.75, 3.05) is 0 Å². The molecule has 0 bridgehead atoms. The first-order valence-corrected chi connectivity index (χ1v) is 5.60. The third kappa shape index (κ3) is 2.45. The third-order valence-electron chi connectivity index (χ3n) is 2.83. The van der Waals surface area contributed by atoms with Crippen LogP contribution in [0.15, 0.2) is 18.2 Å². The zero-order chi connectivity index (χ0) is 14.2. The van der Waals surface area contributed by atoms with Gasteiger partial charge in [0.25, 0.3) is 0 Å². The van der Waals surface area contributed by atoms with Gasteiger partial charge in [-0.25, -0.2) is 4.39 Å². The molecule has 1 heterocycles. The van der Waals surface area contributed by atoms with Crippen LogP contribution in [0.25, 0.3) is 11.3 Å². The van der Waals surface area contributed by atoms with Crippen LogP contribution in [0.3, 0.4) is 0 Å². The number of aromatic nitrogens is 3. The fourth-order valence-electron chi connectivity index (χ4n) is 1.87. The summed E-state index contributed by atoms with van der Waals surface area (Å²) in [6.45, 7) is 1.84. The van der Waals surface area contributed by atoms with Crippen LogP contribution in [-0.4, -0.2) is 15.0 Å². The zero-order valence-corrected chi connectivity index (χ0v) is 10.3. The number of hydrogen-bond donors (Lipinski definition) is 0. The molecule has 0 aliphatic rings. The van der Waals surface area contributed by atoms with Crippen LogP contribution in [0.5, 0.6) is 0 Å². The summed E-state index contributed by atoms with van der Waals surface area (Å²) >= 11 is 0. The first-order valence-electron chi connectivity index (χ1n) is 5.60. The molecule has 0 atom stereocenters. The van der Waals surface area contributed by atoms with Gasteiger partial charge >= 0.3 is 6.18 Å². The molecule has 3 nitrogen and oxygen atoms in total. The van der Waals surface area contributed by atoms with E-state index in [9.17, 15) is 17.6 Å². The van der Waals surface area contributed by atoms with Gasteiger partial charge in [0, 0.05) is 12.6 Å². The highest BCUT2D eigenvalue weighted by Crippen LogP contribution is 2.33. The van der Waals surface area contributed by atoms with Gasteiger partial charge < -0.3 is 0 Å². The maximum Gasteiger partial charge on any atom is 0.416 e. The summed E-state index contributed by atoms with van der Waals surface area (Å²) in [5.41, 5.74) is -0.0523. The summed E-state index contributed by atoms with van der Waals surface area (Å²) in [4.78, 5) is 0. The Labute approximate surface area is 106 Å². The van der Waals surface area contributed by atoms with E-state index in [1.807, 2.05) is 6.92 Å². The first-order chi connectivity index (χ1) is 8.84. The van der Waals surface area contributed by atoms with E-state index in [-0.39, 0.29) is 11.3 Å². The van der Waals surface area contributed by atoms with Crippen LogP contribution < -0.4 is 0 Å². The van der Waals surface area contributed by atoms with Crippen LogP contribution >= 0.6 is 0 Å². The van der Waals surface area contributed by atoms with Crippen LogP contribution in [0, 0.1) is 5.82 Å². The Morgan fingerprint density at radius 2 is 1.95 bits per heavy atom. The van der Waals surface area contributed by atoms with Crippen molar-refractivity contribution >= 4 is 0 Å². The fraction of sp³-hybridized carbons (Fsp3) is 0.333. The summed E-state index contributed by atoms with van der Waals surface area (Å²) in [5.74, 6) is -0.954. The molecule has 19 heavy (non-hydrogen) atoms. The molecule has 0 N–H and O–H groups in total. The minimum atomic E-state index is -4.56. The van der Waals surface area contributed by atoms with Gasteiger partial charge in [-0.1, -0.05) is 12.1 Å². The van der Waals surface area contributed by atoms with Gasteiger partial charge in [-0.2, -0.15) is 13.2 Å². The molecular weight excluding hydrogens is 262 g/mol. The van der Waals surface area contributed by atoms with E-state index in [1.165, 1.54) is 4.68 Å². The van der Waals surface area contributed by atoms with Gasteiger partial charge in [-0.05, 0) is 24.6 Å². The zero-order valence-electron chi connectivity index (χ0n) is 10.3. The van der Waals surface area contributed by atoms with Crippen LogP contribution in [0.4, 0.5) is 17.6 Å². The highest BCUT2D eigenvalue weighted by atomic mass is 19.4. The van der Waals surface area contributed by atoms with E-state index in [1.54, 1.807) is 7.05 Å². The third-order valence-corrected chi connectivity index (χ3v) is 2.83. The number of halogens is 4. The Morgan fingerprint density at radius 1 is 1.26 bits per heavy atom. The normalized spacial score (nSPS) is 11.9. The van der Waals surface area contributed by atoms with Crippen molar-refractivity contribution in [3.8, 4) is 11.3 Å². The van der Waals surface area contributed by atoms with E-state index >= 15 is 0 Å². The average Bonchev–Trinajstić information content (AvgIpc) is 2.69. The highest BCUT2D eigenvalue weighted by molar-refractivity contribution is 5.62. The molecule has 102 valence electrons. The monoisotopic (exact) mass is 273 g/mol. The lowest BCUT2D eigenvalue weighted by Crippen LogP contribution is -2.05. The van der Waals surface area contributed by atoms with Crippen molar-refractivity contribution in [1.29, 1.82) is 0 Å². The molecular formula is C12H11F4N3. The number of nitrogens with zero attached hydrogens (tertiary/aromatic N) is 3. The minimum Gasteiger partial charge on any atom is -0.252 e. The summed E-state index contributed by atoms with van der Waals surface area (Å²) in [6.07, 6.45) is -4.01. The molecule has 1 aromatic carbocycles. The molecule has 0 saturated carbocycles. The van der Waals surface area contributed by atoms with Gasteiger partial charge in [-0.3, -0.25) is 4.68 Å². The molecule has 0 aliphatic heterocycles. The predicted octanol–water partition coefficient (Wildman–Crippen LogP) is 3.20. The SMILES string of the molecule is CCc1c(-c2ccc(C(F)(F)F)cc2F)nnn1C. The van der Waals surface area contributed by atoms with Gasteiger partial charge in [-0.15, -0.1) is 5.10 Å². The molecule has 0 saturated heterocycles. The Kier molecular flexibility index (Phi) is 3.30. The van der Waals surface area contributed by atoms with E-state index in [0.717, 1.165) is 12.1 Å². The van der Waals surface area contributed by atoms with Crippen molar-refractivity contribution < 1.29 is 17.6 Å². The summed E-state index contributed by atoms with van der Waals surface area (Å²) in [6, 6.07) is 2.40. The molecule has 0 radical (unpaired) electrons. The first kappa shape index (κ1) is 13.5. The van der Waals surface area contributed by atoms with E-state index < -0.39 is 17.6 Å². The van der Waals surface area contributed by atoms with Crippen molar-refractivity contribution in [3.05, 3.63) is 35.3 Å². The fourth-order valence-corrected chi connectivity index (χ4v) is 1.87. The minimum absolute atomic E-state index is 0.0259. The number of rotatable bonds is 2.